The van der Waals surface area contributed by atoms with Gasteiger partial charge in [-0.3, -0.25) is 9.59 Å². The summed E-state index contributed by atoms with van der Waals surface area (Å²) in [6.45, 7) is -0.525. The van der Waals surface area contributed by atoms with Crippen LogP contribution in [-0.2, 0) is 4.79 Å². The van der Waals surface area contributed by atoms with Crippen molar-refractivity contribution in [3.63, 3.8) is 0 Å². The summed E-state index contributed by atoms with van der Waals surface area (Å²) in [6.07, 6.45) is 0.805. The Morgan fingerprint density at radius 1 is 1.22 bits per heavy atom. The molecule has 1 saturated heterocycles. The molecule has 1 aromatic heterocycles. The van der Waals surface area contributed by atoms with E-state index in [1.54, 1.807) is 11.8 Å². The number of halogens is 2. The van der Waals surface area contributed by atoms with E-state index in [1.165, 1.54) is 28.9 Å². The van der Waals surface area contributed by atoms with Crippen LogP contribution < -0.4 is 4.74 Å². The lowest BCUT2D eigenvalue weighted by atomic mass is 9.97. The minimum absolute atomic E-state index is 0.0177. The molecule has 1 aromatic carbocycles. The second-order valence-corrected chi connectivity index (χ2v) is 6.21. The van der Waals surface area contributed by atoms with Gasteiger partial charge in [-0.25, -0.2) is 4.68 Å². The first-order valence-corrected chi connectivity index (χ1v) is 8.36. The zero-order valence-corrected chi connectivity index (χ0v) is 14.5. The first-order chi connectivity index (χ1) is 12.9. The molecule has 144 valence electrons. The Labute approximate surface area is 153 Å². The molecule has 0 atom stereocenters. The molecule has 8 nitrogen and oxygen atoms in total. The second kappa shape index (κ2) is 7.68. The van der Waals surface area contributed by atoms with E-state index in [2.05, 4.69) is 15.0 Å². The molecule has 1 aliphatic heterocycles. The molecule has 2 aromatic rings. The maximum Gasteiger partial charge on any atom is 0.387 e. The van der Waals surface area contributed by atoms with Crippen LogP contribution in [0.4, 0.5) is 8.78 Å². The second-order valence-electron chi connectivity index (χ2n) is 6.21. The van der Waals surface area contributed by atoms with Crippen LogP contribution >= 0.6 is 0 Å². The number of benzene rings is 1. The van der Waals surface area contributed by atoms with E-state index in [9.17, 15) is 18.4 Å². The van der Waals surface area contributed by atoms with Crippen molar-refractivity contribution in [2.24, 2.45) is 5.92 Å². The molecule has 1 amide bonds. The summed E-state index contributed by atoms with van der Waals surface area (Å²) in [4.78, 5) is 25.3. The van der Waals surface area contributed by atoms with Crippen molar-refractivity contribution in [2.45, 2.75) is 26.4 Å². The minimum Gasteiger partial charge on any atom is -0.481 e. The van der Waals surface area contributed by atoms with E-state index in [-0.39, 0.29) is 17.4 Å². The van der Waals surface area contributed by atoms with Crippen molar-refractivity contribution in [1.29, 1.82) is 0 Å². The molecule has 10 heteroatoms. The highest BCUT2D eigenvalue weighted by Gasteiger charge is 2.30. The van der Waals surface area contributed by atoms with Crippen LogP contribution in [0, 0.1) is 12.8 Å². The average Bonchev–Trinajstić information content (AvgIpc) is 3.03. The number of carbonyl (C=O) groups is 2. The van der Waals surface area contributed by atoms with Crippen LogP contribution in [0.3, 0.4) is 0 Å². The number of rotatable bonds is 5. The predicted octanol–water partition coefficient (Wildman–Crippen LogP) is 2.11. The van der Waals surface area contributed by atoms with Crippen molar-refractivity contribution in [3.8, 4) is 11.4 Å². The van der Waals surface area contributed by atoms with Gasteiger partial charge >= 0.3 is 12.6 Å². The third kappa shape index (κ3) is 4.04. The Morgan fingerprint density at radius 3 is 2.41 bits per heavy atom. The molecule has 0 bridgehead atoms. The van der Waals surface area contributed by atoms with Gasteiger partial charge in [0.05, 0.1) is 17.3 Å². The Morgan fingerprint density at radius 2 is 1.85 bits per heavy atom. The molecule has 0 radical (unpaired) electrons. The highest BCUT2D eigenvalue weighted by molar-refractivity contribution is 5.93. The number of nitrogens with zero attached hydrogens (tertiary/aromatic N) is 4. The number of carbonyl (C=O) groups excluding carboxylic acids is 1. The number of alkyl halides is 2. The van der Waals surface area contributed by atoms with Gasteiger partial charge in [0.15, 0.2) is 5.69 Å². The van der Waals surface area contributed by atoms with Gasteiger partial charge in [-0.2, -0.15) is 8.78 Å². The largest absolute Gasteiger partial charge is 0.481 e. The molecule has 0 spiro atoms. The Hall–Kier alpha value is -3.04. The summed E-state index contributed by atoms with van der Waals surface area (Å²) in [7, 11) is 0. The summed E-state index contributed by atoms with van der Waals surface area (Å²) in [5.74, 6) is -1.56. The van der Waals surface area contributed by atoms with Gasteiger partial charge in [0.2, 0.25) is 0 Å². The fourth-order valence-electron chi connectivity index (χ4n) is 3.02. The van der Waals surface area contributed by atoms with Crippen molar-refractivity contribution < 1.29 is 28.2 Å². The number of carboxylic acids is 1. The van der Waals surface area contributed by atoms with Crippen LogP contribution in [0.25, 0.3) is 5.69 Å². The SMILES string of the molecule is Cc1c(C(=O)N2CCC(C(=O)O)CC2)nnn1-c1ccc(OC(F)F)cc1. The van der Waals surface area contributed by atoms with Crippen molar-refractivity contribution in [1.82, 2.24) is 19.9 Å². The first-order valence-electron chi connectivity index (χ1n) is 8.36. The third-order valence-corrected chi connectivity index (χ3v) is 4.54. The lowest BCUT2D eigenvalue weighted by Gasteiger charge is -2.29. The highest BCUT2D eigenvalue weighted by Crippen LogP contribution is 2.22. The van der Waals surface area contributed by atoms with E-state index in [0.717, 1.165) is 0 Å². The number of likely N-dealkylation sites (tertiary alicyclic amines) is 1. The molecule has 1 fully saturated rings. The summed E-state index contributed by atoms with van der Waals surface area (Å²) in [5, 5.41) is 17.0. The van der Waals surface area contributed by atoms with Gasteiger partial charge in [-0.15, -0.1) is 5.10 Å². The van der Waals surface area contributed by atoms with Crippen LogP contribution in [0.2, 0.25) is 0 Å². The minimum atomic E-state index is -2.90. The molecule has 3 rings (SSSR count). The number of piperidine rings is 1. The number of hydrogen-bond donors (Lipinski definition) is 1. The van der Waals surface area contributed by atoms with Gasteiger partial charge in [-0.05, 0) is 44.0 Å². The summed E-state index contributed by atoms with van der Waals surface area (Å²) in [5.41, 5.74) is 1.23. The third-order valence-electron chi connectivity index (χ3n) is 4.54. The number of hydrogen-bond acceptors (Lipinski definition) is 5. The molecule has 2 heterocycles. The lowest BCUT2D eigenvalue weighted by Crippen LogP contribution is -2.40. The Bertz CT molecular complexity index is 830. The van der Waals surface area contributed by atoms with E-state index in [1.807, 2.05) is 0 Å². The monoisotopic (exact) mass is 380 g/mol. The smallest absolute Gasteiger partial charge is 0.387 e. The fraction of sp³-hybridized carbons (Fsp3) is 0.412. The summed E-state index contributed by atoms with van der Waals surface area (Å²) >= 11 is 0. The average molecular weight is 380 g/mol. The quantitative estimate of drug-likeness (QED) is 0.853. The van der Waals surface area contributed by atoms with Crippen molar-refractivity contribution in [3.05, 3.63) is 35.7 Å². The Kier molecular flexibility index (Phi) is 5.33. The molecule has 1 N–H and O–H groups in total. The topological polar surface area (TPSA) is 97.5 Å². The number of ether oxygens (including phenoxy) is 1. The zero-order valence-electron chi connectivity index (χ0n) is 14.5. The van der Waals surface area contributed by atoms with Gasteiger partial charge in [0, 0.05) is 13.1 Å². The van der Waals surface area contributed by atoms with Gasteiger partial charge in [0.1, 0.15) is 5.75 Å². The van der Waals surface area contributed by atoms with Gasteiger partial charge < -0.3 is 14.7 Å². The maximum absolute atomic E-state index is 12.7. The molecule has 0 saturated carbocycles. The molecule has 0 aliphatic carbocycles. The Balaban J connectivity index is 1.73. The van der Waals surface area contributed by atoms with Crippen LogP contribution in [-0.4, -0.2) is 56.6 Å². The van der Waals surface area contributed by atoms with E-state index >= 15 is 0 Å². The van der Waals surface area contributed by atoms with E-state index < -0.39 is 18.5 Å². The normalized spacial score (nSPS) is 15.2. The number of amides is 1. The fourth-order valence-corrected chi connectivity index (χ4v) is 3.02. The van der Waals surface area contributed by atoms with Gasteiger partial charge in [0.25, 0.3) is 5.91 Å². The molecule has 1 aliphatic rings. The van der Waals surface area contributed by atoms with Gasteiger partial charge in [-0.1, -0.05) is 5.21 Å². The number of aromatic nitrogens is 3. The predicted molar refractivity (Wildman–Crippen MR) is 89.0 cm³/mol. The molecular weight excluding hydrogens is 362 g/mol. The zero-order chi connectivity index (χ0) is 19.6. The summed E-state index contributed by atoms with van der Waals surface area (Å²) < 4.78 is 30.2. The highest BCUT2D eigenvalue weighted by atomic mass is 19.3. The van der Waals surface area contributed by atoms with Crippen LogP contribution in [0.1, 0.15) is 29.0 Å². The number of carboxylic acid groups (broad SMARTS) is 1. The molecule has 27 heavy (non-hydrogen) atoms. The number of aliphatic carboxylic acids is 1. The van der Waals surface area contributed by atoms with E-state index in [0.29, 0.717) is 37.3 Å². The maximum atomic E-state index is 12.7. The lowest BCUT2D eigenvalue weighted by molar-refractivity contribution is -0.143. The standard InChI is InChI=1S/C17H18F2N4O4/c1-10-14(15(24)22-8-6-11(7-9-22)16(25)26)20-21-23(10)12-2-4-13(5-3-12)27-17(18)19/h2-5,11,17H,6-9H2,1H3,(H,25,26). The molecule has 0 unspecified atom stereocenters. The first kappa shape index (κ1) is 18.7. The molecular formula is C17H18F2N4O4. The van der Waals surface area contributed by atoms with Crippen LogP contribution in [0.15, 0.2) is 24.3 Å². The van der Waals surface area contributed by atoms with E-state index in [4.69, 9.17) is 5.11 Å². The summed E-state index contributed by atoms with van der Waals surface area (Å²) in [6, 6.07) is 5.82. The van der Waals surface area contributed by atoms with Crippen molar-refractivity contribution in [2.75, 3.05) is 13.1 Å². The van der Waals surface area contributed by atoms with Crippen LogP contribution in [0.5, 0.6) is 5.75 Å². The van der Waals surface area contributed by atoms with Crippen molar-refractivity contribution >= 4 is 11.9 Å².